The van der Waals surface area contributed by atoms with Gasteiger partial charge in [-0.3, -0.25) is 4.79 Å². The van der Waals surface area contributed by atoms with Crippen LogP contribution in [0.2, 0.25) is 0 Å². The summed E-state index contributed by atoms with van der Waals surface area (Å²) in [6.45, 7) is 0.897. The number of hydrogen-bond donors (Lipinski definition) is 1. The first kappa shape index (κ1) is 14.4. The number of alkyl halides is 3. The fraction of sp³-hybridized carbons (Fsp3) is 0.267. The van der Waals surface area contributed by atoms with Crippen molar-refractivity contribution in [3.05, 3.63) is 48.0 Å². The first-order chi connectivity index (χ1) is 9.30. The Morgan fingerprint density at radius 2 is 1.70 bits per heavy atom. The molecule has 0 aliphatic carbocycles. The van der Waals surface area contributed by atoms with E-state index in [0.717, 1.165) is 17.7 Å². The summed E-state index contributed by atoms with van der Waals surface area (Å²) in [6, 6.07) is 11.7. The Balaban J connectivity index is 2.49. The lowest BCUT2D eigenvalue weighted by Gasteiger charge is -2.23. The second kappa shape index (κ2) is 5.15. The lowest BCUT2D eigenvalue weighted by atomic mass is 9.86. The number of hydrogen-bond acceptors (Lipinski definition) is 1. The molecule has 0 fully saturated rings. The molecule has 2 rings (SSSR count). The third-order valence-corrected chi connectivity index (χ3v) is 3.41. The smallest absolute Gasteiger partial charge is 0.392 e. The second-order valence-corrected chi connectivity index (χ2v) is 4.75. The van der Waals surface area contributed by atoms with Crippen molar-refractivity contribution in [1.82, 2.24) is 0 Å². The van der Waals surface area contributed by atoms with Gasteiger partial charge in [-0.25, -0.2) is 0 Å². The van der Waals surface area contributed by atoms with Crippen molar-refractivity contribution >= 4 is 16.7 Å². The van der Waals surface area contributed by atoms with E-state index in [1.807, 2.05) is 12.1 Å². The van der Waals surface area contributed by atoms with Gasteiger partial charge >= 0.3 is 12.1 Å². The van der Waals surface area contributed by atoms with Gasteiger partial charge in [0.25, 0.3) is 0 Å². The van der Waals surface area contributed by atoms with Crippen LogP contribution in [0.3, 0.4) is 0 Å². The molecule has 2 aromatic carbocycles. The number of halogens is 3. The summed E-state index contributed by atoms with van der Waals surface area (Å²) in [5, 5.41) is 10.7. The lowest BCUT2D eigenvalue weighted by Crippen LogP contribution is -2.31. The zero-order chi connectivity index (χ0) is 14.9. The first-order valence-corrected chi connectivity index (χ1v) is 6.09. The molecule has 106 valence electrons. The van der Waals surface area contributed by atoms with Crippen LogP contribution in [0.15, 0.2) is 42.5 Å². The van der Waals surface area contributed by atoms with Gasteiger partial charge in [-0.05, 0) is 16.3 Å². The molecule has 0 saturated carbocycles. The lowest BCUT2D eigenvalue weighted by molar-refractivity contribution is -0.183. The molecule has 0 heterocycles. The molecule has 0 unspecified atom stereocenters. The van der Waals surface area contributed by atoms with Crippen molar-refractivity contribution in [3.8, 4) is 0 Å². The highest BCUT2D eigenvalue weighted by molar-refractivity contribution is 5.85. The van der Waals surface area contributed by atoms with Crippen LogP contribution in [0.5, 0.6) is 0 Å². The van der Waals surface area contributed by atoms with E-state index in [1.165, 1.54) is 12.1 Å². The molecule has 0 aliphatic rings. The van der Waals surface area contributed by atoms with Crippen LogP contribution in [0, 0.1) is 5.92 Å². The predicted octanol–water partition coefficient (Wildman–Crippen LogP) is 4.21. The second-order valence-electron chi connectivity index (χ2n) is 4.75. The maximum absolute atomic E-state index is 12.8. The van der Waals surface area contributed by atoms with Gasteiger partial charge in [-0.2, -0.15) is 13.2 Å². The highest BCUT2D eigenvalue weighted by atomic mass is 19.4. The third-order valence-electron chi connectivity index (χ3n) is 3.41. The van der Waals surface area contributed by atoms with Crippen LogP contribution in [0.25, 0.3) is 10.8 Å². The molecular formula is C15H13F3O2. The van der Waals surface area contributed by atoms with Crippen LogP contribution in [-0.2, 0) is 4.79 Å². The van der Waals surface area contributed by atoms with Crippen LogP contribution in [-0.4, -0.2) is 17.3 Å². The van der Waals surface area contributed by atoms with Crippen molar-refractivity contribution in [2.45, 2.75) is 19.0 Å². The van der Waals surface area contributed by atoms with Gasteiger partial charge in [-0.15, -0.1) is 0 Å². The highest BCUT2D eigenvalue weighted by Gasteiger charge is 2.45. The summed E-state index contributed by atoms with van der Waals surface area (Å²) in [5.74, 6) is -5.01. The maximum Gasteiger partial charge on any atom is 0.392 e. The topological polar surface area (TPSA) is 37.3 Å². The number of rotatable bonds is 3. The molecule has 5 heteroatoms. The molecule has 2 aromatic rings. The molecular weight excluding hydrogens is 269 g/mol. The van der Waals surface area contributed by atoms with E-state index in [2.05, 4.69) is 0 Å². The monoisotopic (exact) mass is 282 g/mol. The van der Waals surface area contributed by atoms with Crippen LogP contribution >= 0.6 is 0 Å². The Morgan fingerprint density at radius 3 is 2.25 bits per heavy atom. The molecule has 2 nitrogen and oxygen atoms in total. The summed E-state index contributed by atoms with van der Waals surface area (Å²) in [4.78, 5) is 11.2. The van der Waals surface area contributed by atoms with E-state index in [4.69, 9.17) is 5.11 Å². The molecule has 0 saturated heterocycles. The SMILES string of the molecule is C[C@H]([C@@H](C(=O)O)c1ccc2ccccc2c1)C(F)(F)F. The first-order valence-electron chi connectivity index (χ1n) is 6.09. The van der Waals surface area contributed by atoms with Crippen LogP contribution in [0.4, 0.5) is 13.2 Å². The van der Waals surface area contributed by atoms with E-state index in [9.17, 15) is 18.0 Å². The van der Waals surface area contributed by atoms with Gasteiger partial charge in [0.2, 0.25) is 0 Å². The molecule has 0 aliphatic heterocycles. The Kier molecular flexibility index (Phi) is 3.70. The molecule has 0 radical (unpaired) electrons. The quantitative estimate of drug-likeness (QED) is 0.915. The third kappa shape index (κ3) is 2.76. The molecule has 20 heavy (non-hydrogen) atoms. The van der Waals surface area contributed by atoms with Crippen molar-refractivity contribution in [3.63, 3.8) is 0 Å². The summed E-state index contributed by atoms with van der Waals surface area (Å²) in [6.07, 6.45) is -4.55. The Morgan fingerprint density at radius 1 is 1.10 bits per heavy atom. The van der Waals surface area contributed by atoms with E-state index in [-0.39, 0.29) is 5.56 Å². The van der Waals surface area contributed by atoms with Gasteiger partial charge in [0.05, 0.1) is 11.8 Å². The van der Waals surface area contributed by atoms with Crippen LogP contribution < -0.4 is 0 Å². The van der Waals surface area contributed by atoms with Gasteiger partial charge in [0.1, 0.15) is 0 Å². The summed E-state index contributed by atoms with van der Waals surface area (Å²) in [5.41, 5.74) is 0.168. The zero-order valence-electron chi connectivity index (χ0n) is 10.7. The zero-order valence-corrected chi connectivity index (χ0v) is 10.7. The minimum atomic E-state index is -4.55. The molecule has 0 aromatic heterocycles. The molecule has 0 bridgehead atoms. The minimum absolute atomic E-state index is 0.168. The number of fused-ring (bicyclic) bond motifs is 1. The Hall–Kier alpha value is -2.04. The largest absolute Gasteiger partial charge is 0.481 e. The Labute approximate surface area is 113 Å². The van der Waals surface area contributed by atoms with E-state index in [0.29, 0.717) is 0 Å². The predicted molar refractivity (Wildman–Crippen MR) is 69.5 cm³/mol. The summed E-state index contributed by atoms with van der Waals surface area (Å²) >= 11 is 0. The van der Waals surface area contributed by atoms with Crippen LogP contribution in [0.1, 0.15) is 18.4 Å². The summed E-state index contributed by atoms with van der Waals surface area (Å²) < 4.78 is 38.4. The van der Waals surface area contributed by atoms with Crippen molar-refractivity contribution in [2.24, 2.45) is 5.92 Å². The summed E-state index contributed by atoms with van der Waals surface area (Å²) in [7, 11) is 0. The molecule has 0 spiro atoms. The van der Waals surface area contributed by atoms with Crippen molar-refractivity contribution in [1.29, 1.82) is 0 Å². The average Bonchev–Trinajstić information content (AvgIpc) is 2.37. The Bertz CT molecular complexity index is 634. The highest BCUT2D eigenvalue weighted by Crippen LogP contribution is 2.38. The maximum atomic E-state index is 12.8. The van der Waals surface area contributed by atoms with E-state index >= 15 is 0 Å². The fourth-order valence-electron chi connectivity index (χ4n) is 2.24. The molecule has 0 amide bonds. The number of carboxylic acid groups (broad SMARTS) is 1. The number of carbonyl (C=O) groups is 1. The average molecular weight is 282 g/mol. The number of aliphatic carboxylic acids is 1. The van der Waals surface area contributed by atoms with Gasteiger partial charge in [0.15, 0.2) is 0 Å². The van der Waals surface area contributed by atoms with Crippen molar-refractivity contribution in [2.75, 3.05) is 0 Å². The molecule has 1 N–H and O–H groups in total. The normalized spacial score (nSPS) is 15.0. The number of benzene rings is 2. The minimum Gasteiger partial charge on any atom is -0.481 e. The number of carboxylic acids is 1. The van der Waals surface area contributed by atoms with Gasteiger partial charge < -0.3 is 5.11 Å². The molecule has 2 atom stereocenters. The van der Waals surface area contributed by atoms with Gasteiger partial charge in [-0.1, -0.05) is 49.4 Å². The van der Waals surface area contributed by atoms with Gasteiger partial charge in [0, 0.05) is 0 Å². The van der Waals surface area contributed by atoms with Crippen molar-refractivity contribution < 1.29 is 23.1 Å². The standard InChI is InChI=1S/C15H13F3O2/c1-9(15(16,17)18)13(14(19)20)12-7-6-10-4-2-3-5-11(10)8-12/h2-9,13H,1H3,(H,19,20)/t9-,13-/m1/s1. The van der Waals surface area contributed by atoms with E-state index in [1.54, 1.807) is 18.2 Å². The van der Waals surface area contributed by atoms with E-state index < -0.39 is 24.0 Å². The fourth-order valence-corrected chi connectivity index (χ4v) is 2.24.